The fraction of sp³-hybridized carbons (Fsp3) is 0.133. The van der Waals surface area contributed by atoms with E-state index in [1.807, 2.05) is 0 Å². The van der Waals surface area contributed by atoms with Crippen LogP contribution in [-0.2, 0) is 4.79 Å². The SMILES string of the molecule is N#C/C(=C/NC(=O)CCN1C(=O)c2ccccc2C1=O)C(N)=S. The summed E-state index contributed by atoms with van der Waals surface area (Å²) in [5.41, 5.74) is 5.91. The summed E-state index contributed by atoms with van der Waals surface area (Å²) in [5, 5.41) is 11.1. The van der Waals surface area contributed by atoms with Crippen molar-refractivity contribution in [1.29, 1.82) is 5.26 Å². The number of thiocarbonyl (C=S) groups is 1. The maximum absolute atomic E-state index is 12.1. The van der Waals surface area contributed by atoms with Crippen LogP contribution in [-0.4, -0.2) is 34.2 Å². The number of hydrogen-bond acceptors (Lipinski definition) is 5. The zero-order valence-electron chi connectivity index (χ0n) is 11.9. The zero-order chi connectivity index (χ0) is 17.0. The summed E-state index contributed by atoms with van der Waals surface area (Å²) >= 11 is 4.63. The summed E-state index contributed by atoms with van der Waals surface area (Å²) in [6.07, 6.45) is 1.01. The van der Waals surface area contributed by atoms with Crippen LogP contribution in [0.4, 0.5) is 0 Å². The van der Waals surface area contributed by atoms with Gasteiger partial charge in [0.15, 0.2) is 0 Å². The molecule has 1 aliphatic heterocycles. The van der Waals surface area contributed by atoms with Gasteiger partial charge >= 0.3 is 0 Å². The van der Waals surface area contributed by atoms with Crippen LogP contribution in [0.5, 0.6) is 0 Å². The molecule has 0 saturated heterocycles. The molecule has 0 bridgehead atoms. The highest BCUT2D eigenvalue weighted by molar-refractivity contribution is 7.80. The number of nitrogens with one attached hydrogen (secondary N) is 1. The summed E-state index contributed by atoms with van der Waals surface area (Å²) in [7, 11) is 0. The molecule has 23 heavy (non-hydrogen) atoms. The molecule has 1 aromatic carbocycles. The molecule has 1 heterocycles. The molecular formula is C15H12N4O3S. The van der Waals surface area contributed by atoms with Crippen molar-refractivity contribution in [2.45, 2.75) is 6.42 Å². The van der Waals surface area contributed by atoms with Crippen LogP contribution in [0, 0.1) is 11.3 Å². The normalized spacial score (nSPS) is 13.5. The molecule has 0 saturated carbocycles. The maximum atomic E-state index is 12.1. The van der Waals surface area contributed by atoms with Gasteiger partial charge in [-0.25, -0.2) is 0 Å². The van der Waals surface area contributed by atoms with E-state index in [9.17, 15) is 14.4 Å². The fourth-order valence-corrected chi connectivity index (χ4v) is 2.14. The lowest BCUT2D eigenvalue weighted by Crippen LogP contribution is -2.33. The van der Waals surface area contributed by atoms with Gasteiger partial charge in [0.05, 0.1) is 11.1 Å². The van der Waals surface area contributed by atoms with Gasteiger partial charge in [-0.1, -0.05) is 24.4 Å². The Morgan fingerprint density at radius 2 is 1.87 bits per heavy atom. The van der Waals surface area contributed by atoms with E-state index >= 15 is 0 Å². The van der Waals surface area contributed by atoms with E-state index < -0.39 is 17.7 Å². The lowest BCUT2D eigenvalue weighted by Gasteiger charge is -2.12. The highest BCUT2D eigenvalue weighted by Crippen LogP contribution is 2.22. The topological polar surface area (TPSA) is 116 Å². The highest BCUT2D eigenvalue weighted by atomic mass is 32.1. The highest BCUT2D eigenvalue weighted by Gasteiger charge is 2.34. The average Bonchev–Trinajstić information content (AvgIpc) is 2.77. The quantitative estimate of drug-likeness (QED) is 0.351. The van der Waals surface area contributed by atoms with Gasteiger partial charge < -0.3 is 11.1 Å². The first-order valence-corrected chi connectivity index (χ1v) is 7.01. The molecule has 1 aliphatic rings. The number of fused-ring (bicyclic) bond motifs is 1. The van der Waals surface area contributed by atoms with Gasteiger partial charge in [0.2, 0.25) is 5.91 Å². The molecule has 0 aromatic heterocycles. The van der Waals surface area contributed by atoms with Gasteiger partial charge in [-0.3, -0.25) is 19.3 Å². The van der Waals surface area contributed by atoms with Crippen molar-refractivity contribution in [3.8, 4) is 6.07 Å². The van der Waals surface area contributed by atoms with Crippen molar-refractivity contribution >= 4 is 34.9 Å². The molecule has 7 nitrogen and oxygen atoms in total. The number of carbonyl (C=O) groups is 3. The maximum Gasteiger partial charge on any atom is 0.261 e. The first-order valence-electron chi connectivity index (χ1n) is 6.60. The van der Waals surface area contributed by atoms with Gasteiger partial charge in [0.25, 0.3) is 11.8 Å². The third kappa shape index (κ3) is 3.41. The molecule has 0 unspecified atom stereocenters. The molecule has 8 heteroatoms. The number of carbonyl (C=O) groups excluding carboxylic acids is 3. The fourth-order valence-electron chi connectivity index (χ4n) is 2.04. The predicted octanol–water partition coefficient (Wildman–Crippen LogP) is 0.482. The molecule has 0 atom stereocenters. The van der Waals surface area contributed by atoms with Gasteiger partial charge in [-0.2, -0.15) is 5.26 Å². The van der Waals surface area contributed by atoms with Crippen LogP contribution >= 0.6 is 12.2 Å². The number of nitriles is 1. The van der Waals surface area contributed by atoms with Crippen LogP contribution in [0.15, 0.2) is 36.0 Å². The van der Waals surface area contributed by atoms with E-state index in [4.69, 9.17) is 11.0 Å². The Hall–Kier alpha value is -3.05. The van der Waals surface area contributed by atoms with E-state index in [-0.39, 0.29) is 23.5 Å². The number of nitrogens with two attached hydrogens (primary N) is 1. The molecule has 0 radical (unpaired) electrons. The molecule has 0 spiro atoms. The molecule has 0 aliphatic carbocycles. The molecule has 2 rings (SSSR count). The number of imide groups is 1. The summed E-state index contributed by atoms with van der Waals surface area (Å²) in [5.74, 6) is -1.31. The first-order chi connectivity index (χ1) is 11.0. The first kappa shape index (κ1) is 16.3. The third-order valence-corrected chi connectivity index (χ3v) is 3.42. The van der Waals surface area contributed by atoms with Crippen molar-refractivity contribution in [3.63, 3.8) is 0 Å². The standard InChI is InChI=1S/C15H12N4O3S/c16-7-9(13(17)23)8-18-12(20)5-6-19-14(21)10-3-1-2-4-11(10)15(19)22/h1-4,8H,5-6H2,(H2,17,23)(H,18,20)/b9-8-. The van der Waals surface area contributed by atoms with E-state index in [0.29, 0.717) is 11.1 Å². The van der Waals surface area contributed by atoms with Crippen LogP contribution in [0.25, 0.3) is 0 Å². The van der Waals surface area contributed by atoms with Crippen LogP contribution < -0.4 is 11.1 Å². The van der Waals surface area contributed by atoms with E-state index in [0.717, 1.165) is 11.1 Å². The van der Waals surface area contributed by atoms with Gasteiger partial charge in [0, 0.05) is 19.2 Å². The second kappa shape index (κ2) is 6.81. The second-order valence-corrected chi connectivity index (χ2v) is 5.10. The molecule has 116 valence electrons. The van der Waals surface area contributed by atoms with Crippen LogP contribution in [0.3, 0.4) is 0 Å². The lowest BCUT2D eigenvalue weighted by molar-refractivity contribution is -0.120. The van der Waals surface area contributed by atoms with E-state index in [1.54, 1.807) is 30.3 Å². The Kier molecular flexibility index (Phi) is 4.83. The van der Waals surface area contributed by atoms with Crippen molar-refractivity contribution < 1.29 is 14.4 Å². The van der Waals surface area contributed by atoms with Crippen LogP contribution in [0.2, 0.25) is 0 Å². The van der Waals surface area contributed by atoms with Crippen molar-refractivity contribution in [1.82, 2.24) is 10.2 Å². The molecule has 3 N–H and O–H groups in total. The number of rotatable bonds is 5. The Bertz CT molecular complexity index is 744. The van der Waals surface area contributed by atoms with Crippen molar-refractivity contribution in [2.24, 2.45) is 5.73 Å². The smallest absolute Gasteiger partial charge is 0.261 e. The predicted molar refractivity (Wildman–Crippen MR) is 85.1 cm³/mol. The lowest BCUT2D eigenvalue weighted by atomic mass is 10.1. The summed E-state index contributed by atoms with van der Waals surface area (Å²) in [6, 6.07) is 8.22. The Morgan fingerprint density at radius 3 is 2.35 bits per heavy atom. The van der Waals surface area contributed by atoms with E-state index in [1.165, 1.54) is 0 Å². The van der Waals surface area contributed by atoms with Gasteiger partial charge in [0.1, 0.15) is 16.6 Å². The van der Waals surface area contributed by atoms with Gasteiger partial charge in [-0.15, -0.1) is 0 Å². The molecule has 0 fully saturated rings. The zero-order valence-corrected chi connectivity index (χ0v) is 12.7. The minimum atomic E-state index is -0.467. The second-order valence-electron chi connectivity index (χ2n) is 4.66. The number of benzene rings is 1. The summed E-state index contributed by atoms with van der Waals surface area (Å²) in [4.78, 5) is 36.8. The molecule has 1 aromatic rings. The minimum Gasteiger partial charge on any atom is -0.389 e. The number of amides is 3. The monoisotopic (exact) mass is 328 g/mol. The minimum absolute atomic E-state index is 0.0333. The number of hydrogen-bond donors (Lipinski definition) is 2. The largest absolute Gasteiger partial charge is 0.389 e. The number of nitrogens with zero attached hydrogens (tertiary/aromatic N) is 2. The third-order valence-electron chi connectivity index (χ3n) is 3.20. The van der Waals surface area contributed by atoms with Crippen molar-refractivity contribution in [2.75, 3.05) is 6.54 Å². The average molecular weight is 328 g/mol. The summed E-state index contributed by atoms with van der Waals surface area (Å²) < 4.78 is 0. The van der Waals surface area contributed by atoms with Gasteiger partial charge in [-0.05, 0) is 12.1 Å². The molecular weight excluding hydrogens is 316 g/mol. The Morgan fingerprint density at radius 1 is 1.30 bits per heavy atom. The summed E-state index contributed by atoms with van der Waals surface area (Å²) in [6.45, 7) is -0.0546. The van der Waals surface area contributed by atoms with Crippen LogP contribution in [0.1, 0.15) is 27.1 Å². The van der Waals surface area contributed by atoms with Crippen molar-refractivity contribution in [3.05, 3.63) is 47.2 Å². The van der Waals surface area contributed by atoms with E-state index in [2.05, 4.69) is 17.5 Å². The molecule has 3 amide bonds. The Balaban J connectivity index is 1.96. The Labute approximate surface area is 137 Å².